The molecule has 4 heterocycles. The number of hydrogen-bond donors (Lipinski definition) is 4. The minimum absolute atomic E-state index is 0.209. The average Bonchev–Trinajstić information content (AvgIpc) is 4.07. The van der Waals surface area contributed by atoms with Gasteiger partial charge in [0.1, 0.15) is 11.4 Å². The molecule has 0 atom stereocenters. The Morgan fingerprint density at radius 2 is 1.03 bits per heavy atom. The van der Waals surface area contributed by atoms with Crippen LogP contribution in [0.3, 0.4) is 0 Å². The smallest absolute Gasteiger partial charge is 0.255 e. The fourth-order valence-electron chi connectivity index (χ4n) is 7.75. The molecular formula is C54H60N12O8S2. The first-order valence-electron chi connectivity index (χ1n) is 23.6. The molecule has 8 aromatic rings. The van der Waals surface area contributed by atoms with Crippen molar-refractivity contribution in [2.45, 2.75) is 66.2 Å². The van der Waals surface area contributed by atoms with Gasteiger partial charge in [0.15, 0.2) is 11.5 Å². The van der Waals surface area contributed by atoms with Crippen molar-refractivity contribution in [1.82, 2.24) is 40.0 Å². The standard InChI is InChI=1S/C28H32N6O4S.C26H28N6O4S/c1-17-11-20(12-25(18(17)2)34-16-24(31-33-34)19-9-8-10-29-15-19)27(35)30-22-13-21(28(3,4)5)14-23(26(22)38-6)32-39(7,36)37;1-26(2,3)19-13-21(24(36-4)22(14-19)30-37(5,34)35)28-25(33)17-8-6-10-20(12-17)32-16-23(29-31-32)18-9-7-11-27-15-18/h8-16,32H,1-7H3,(H,30,35);6-16,30H,1-5H3,(H,28,33). The number of aryl methyl sites for hydroxylation is 1. The lowest BCUT2D eigenvalue weighted by Gasteiger charge is -2.24. The van der Waals surface area contributed by atoms with Crippen molar-refractivity contribution in [3.8, 4) is 45.4 Å². The number of nitrogens with one attached hydrogen (secondary N) is 4. The molecule has 0 radical (unpaired) electrons. The fourth-order valence-corrected chi connectivity index (χ4v) is 8.86. The Morgan fingerprint density at radius 3 is 1.47 bits per heavy atom. The van der Waals surface area contributed by atoms with Gasteiger partial charge in [0.2, 0.25) is 20.0 Å². The first-order valence-corrected chi connectivity index (χ1v) is 27.4. The van der Waals surface area contributed by atoms with E-state index >= 15 is 0 Å². The van der Waals surface area contributed by atoms with Gasteiger partial charge in [-0.15, -0.1) is 10.2 Å². The number of methoxy groups -OCH3 is 2. The molecule has 0 aliphatic heterocycles. The summed E-state index contributed by atoms with van der Waals surface area (Å²) in [6.07, 6.45) is 12.5. The van der Waals surface area contributed by atoms with Crippen LogP contribution in [0.5, 0.6) is 11.5 Å². The maximum atomic E-state index is 13.6. The molecule has 0 spiro atoms. The van der Waals surface area contributed by atoms with Gasteiger partial charge in [-0.05, 0) is 126 Å². The Balaban J connectivity index is 0.000000221. The van der Waals surface area contributed by atoms with Crippen molar-refractivity contribution in [3.63, 3.8) is 0 Å². The van der Waals surface area contributed by atoms with Crippen LogP contribution in [-0.4, -0.2) is 95.3 Å². The lowest BCUT2D eigenvalue weighted by atomic mass is 9.86. The number of aromatic nitrogens is 8. The van der Waals surface area contributed by atoms with Crippen LogP contribution in [0.2, 0.25) is 0 Å². The van der Waals surface area contributed by atoms with E-state index in [0.29, 0.717) is 45.3 Å². The molecule has 0 saturated heterocycles. The Morgan fingerprint density at radius 1 is 0.566 bits per heavy atom. The molecule has 20 nitrogen and oxygen atoms in total. The van der Waals surface area contributed by atoms with Gasteiger partial charge in [-0.25, -0.2) is 26.2 Å². The van der Waals surface area contributed by atoms with E-state index in [4.69, 9.17) is 9.47 Å². The van der Waals surface area contributed by atoms with E-state index in [-0.39, 0.29) is 39.6 Å². The summed E-state index contributed by atoms with van der Waals surface area (Å²) in [5.74, 6) is -0.366. The number of nitrogens with zero attached hydrogens (tertiary/aromatic N) is 8. The van der Waals surface area contributed by atoms with Crippen LogP contribution in [0.15, 0.2) is 122 Å². The summed E-state index contributed by atoms with van der Waals surface area (Å²) in [4.78, 5) is 35.1. The molecule has 4 aromatic carbocycles. The van der Waals surface area contributed by atoms with Crippen LogP contribution < -0.4 is 29.6 Å². The summed E-state index contributed by atoms with van der Waals surface area (Å²) in [6.45, 7) is 15.8. The molecule has 8 rings (SSSR count). The van der Waals surface area contributed by atoms with Crippen LogP contribution in [0.25, 0.3) is 33.9 Å². The van der Waals surface area contributed by atoms with Gasteiger partial charge < -0.3 is 20.1 Å². The van der Waals surface area contributed by atoms with Crippen molar-refractivity contribution in [2.75, 3.05) is 46.8 Å². The van der Waals surface area contributed by atoms with E-state index in [1.807, 2.05) is 85.7 Å². The second-order valence-corrected chi connectivity index (χ2v) is 23.4. The number of ether oxygens (including phenoxy) is 2. The highest BCUT2D eigenvalue weighted by Gasteiger charge is 2.25. The maximum Gasteiger partial charge on any atom is 0.255 e. The van der Waals surface area contributed by atoms with Crippen molar-refractivity contribution < 1.29 is 35.9 Å². The molecule has 0 aliphatic rings. The SMILES string of the molecule is COc1c(NC(=O)c2cc(C)c(C)c(-n3cc(-c4cccnc4)nn3)c2)cc(C(C)(C)C)cc1NS(C)(=O)=O.COc1c(NC(=O)c2cccc(-n3cc(-c4cccnc4)nn3)c2)cc(C(C)(C)C)cc1NS(C)(=O)=O. The molecule has 0 fully saturated rings. The molecular weight excluding hydrogens is 1010 g/mol. The molecule has 0 aliphatic carbocycles. The van der Waals surface area contributed by atoms with E-state index < -0.39 is 26.0 Å². The van der Waals surface area contributed by atoms with Crippen LogP contribution in [0.1, 0.15) is 84.5 Å². The van der Waals surface area contributed by atoms with Gasteiger partial charge in [0.25, 0.3) is 11.8 Å². The summed E-state index contributed by atoms with van der Waals surface area (Å²) in [5, 5.41) is 22.7. The van der Waals surface area contributed by atoms with Crippen molar-refractivity contribution in [2.24, 2.45) is 0 Å². The van der Waals surface area contributed by atoms with E-state index in [0.717, 1.165) is 45.9 Å². The highest BCUT2D eigenvalue weighted by molar-refractivity contribution is 7.92. The number of benzene rings is 4. The number of anilines is 4. The number of carbonyl (C=O) groups is 2. The van der Waals surface area contributed by atoms with E-state index in [1.165, 1.54) is 14.2 Å². The van der Waals surface area contributed by atoms with Crippen molar-refractivity contribution in [3.05, 3.63) is 155 Å². The molecule has 22 heteroatoms. The molecule has 2 amide bonds. The monoisotopic (exact) mass is 1070 g/mol. The number of sulfonamides is 2. The number of amides is 2. The molecule has 0 unspecified atom stereocenters. The maximum absolute atomic E-state index is 13.6. The second-order valence-electron chi connectivity index (χ2n) is 19.9. The lowest BCUT2D eigenvalue weighted by molar-refractivity contribution is 0.101. The Labute approximate surface area is 442 Å². The summed E-state index contributed by atoms with van der Waals surface area (Å²) < 4.78 is 67.3. The number of rotatable bonds is 14. The zero-order valence-electron chi connectivity index (χ0n) is 44.2. The highest BCUT2D eigenvalue weighted by atomic mass is 32.2. The van der Waals surface area contributed by atoms with Crippen LogP contribution in [0, 0.1) is 13.8 Å². The molecule has 4 aromatic heterocycles. The Hall–Kier alpha value is -8.50. The fraction of sp³-hybridized carbons (Fsp3) is 0.259. The molecule has 4 N–H and O–H groups in total. The van der Waals surface area contributed by atoms with E-state index in [1.54, 1.807) is 101 Å². The molecule has 396 valence electrons. The second kappa shape index (κ2) is 22.1. The predicted molar refractivity (Wildman–Crippen MR) is 295 cm³/mol. The van der Waals surface area contributed by atoms with Crippen LogP contribution in [0.4, 0.5) is 22.7 Å². The number of carbonyl (C=O) groups excluding carboxylic acids is 2. The van der Waals surface area contributed by atoms with Gasteiger partial charge >= 0.3 is 0 Å². The van der Waals surface area contributed by atoms with Crippen LogP contribution in [-0.2, 0) is 30.9 Å². The van der Waals surface area contributed by atoms with Gasteiger partial charge in [-0.1, -0.05) is 58.0 Å². The van der Waals surface area contributed by atoms with Crippen molar-refractivity contribution >= 4 is 54.6 Å². The molecule has 0 saturated carbocycles. The van der Waals surface area contributed by atoms with E-state index in [9.17, 15) is 26.4 Å². The topological polar surface area (TPSA) is 256 Å². The summed E-state index contributed by atoms with van der Waals surface area (Å²) in [5.41, 5.74) is 9.08. The van der Waals surface area contributed by atoms with Crippen molar-refractivity contribution in [1.29, 1.82) is 0 Å². The minimum Gasteiger partial charge on any atom is -0.492 e. The van der Waals surface area contributed by atoms with E-state index in [2.05, 4.69) is 50.7 Å². The first kappa shape index (κ1) is 55.3. The summed E-state index contributed by atoms with van der Waals surface area (Å²) >= 11 is 0. The van der Waals surface area contributed by atoms with Gasteiger partial charge in [-0.3, -0.25) is 29.0 Å². The average molecular weight is 1070 g/mol. The third-order valence-electron chi connectivity index (χ3n) is 11.8. The predicted octanol–water partition coefficient (Wildman–Crippen LogP) is 9.14. The third kappa shape index (κ3) is 13.6. The highest BCUT2D eigenvalue weighted by Crippen LogP contribution is 2.41. The Kier molecular flexibility index (Phi) is 16.1. The van der Waals surface area contributed by atoms with Gasteiger partial charge in [0, 0.05) is 47.0 Å². The zero-order valence-corrected chi connectivity index (χ0v) is 45.8. The summed E-state index contributed by atoms with van der Waals surface area (Å²) in [7, 11) is -4.34. The zero-order chi connectivity index (χ0) is 55.3. The molecule has 76 heavy (non-hydrogen) atoms. The molecule has 0 bridgehead atoms. The number of hydrogen-bond acceptors (Lipinski definition) is 14. The normalized spacial score (nSPS) is 11.7. The van der Waals surface area contributed by atoms with Gasteiger partial charge in [-0.2, -0.15) is 0 Å². The minimum atomic E-state index is -3.60. The summed E-state index contributed by atoms with van der Waals surface area (Å²) in [6, 6.07) is 24.9. The lowest BCUT2D eigenvalue weighted by Crippen LogP contribution is -2.18. The van der Waals surface area contributed by atoms with Crippen LogP contribution >= 0.6 is 0 Å². The first-order chi connectivity index (χ1) is 35.7. The Bertz CT molecular complexity index is 3670. The largest absolute Gasteiger partial charge is 0.492 e. The van der Waals surface area contributed by atoms with Gasteiger partial charge in [0.05, 0.1) is 73.2 Å². The number of pyridine rings is 2. The third-order valence-corrected chi connectivity index (χ3v) is 13.0. The quantitative estimate of drug-likeness (QED) is 0.0792.